The number of rotatable bonds is 3. The van der Waals surface area contributed by atoms with E-state index in [0.717, 1.165) is 18.7 Å². The fourth-order valence-corrected chi connectivity index (χ4v) is 1.47. The molecule has 3 N–H and O–H groups in total. The largest absolute Gasteiger partial charge is 0.343 e. The second-order valence-electron chi connectivity index (χ2n) is 3.90. The van der Waals surface area contributed by atoms with Gasteiger partial charge >= 0.3 is 0 Å². The Bertz CT molecular complexity index is 403. The minimum atomic E-state index is -0.154. The molecule has 0 aromatic carbocycles. The van der Waals surface area contributed by atoms with Gasteiger partial charge in [0.2, 0.25) is 5.91 Å². The molecule has 6 nitrogen and oxygen atoms in total. The third kappa shape index (κ3) is 2.11. The van der Waals surface area contributed by atoms with Gasteiger partial charge in [-0.1, -0.05) is 0 Å². The van der Waals surface area contributed by atoms with E-state index < -0.39 is 0 Å². The van der Waals surface area contributed by atoms with Crippen LogP contribution in [-0.4, -0.2) is 34.2 Å². The fraction of sp³-hybridized carbons (Fsp3) is 0.500. The van der Waals surface area contributed by atoms with Gasteiger partial charge in [-0.3, -0.25) is 9.89 Å². The molecule has 0 saturated carbocycles. The normalized spacial score (nSPS) is 16.5. The zero-order chi connectivity index (χ0) is 11.5. The fourth-order valence-electron chi connectivity index (χ4n) is 1.47. The molecule has 6 heteroatoms. The van der Waals surface area contributed by atoms with Crippen LogP contribution in [0.3, 0.4) is 0 Å². The van der Waals surface area contributed by atoms with E-state index in [2.05, 4.69) is 25.8 Å². The van der Waals surface area contributed by atoms with Gasteiger partial charge in [-0.2, -0.15) is 5.10 Å². The molecule has 0 radical (unpaired) electrons. The summed E-state index contributed by atoms with van der Waals surface area (Å²) in [5.74, 6) is 0.623. The Balaban J connectivity index is 1.97. The van der Waals surface area contributed by atoms with Crippen LogP contribution < -0.4 is 10.6 Å². The first-order valence-electron chi connectivity index (χ1n) is 5.24. The van der Waals surface area contributed by atoms with E-state index in [4.69, 9.17) is 0 Å². The van der Waals surface area contributed by atoms with Crippen LogP contribution >= 0.6 is 0 Å². The predicted octanol–water partition coefficient (Wildman–Crippen LogP) is -0.0984. The topological polar surface area (TPSA) is 82.7 Å². The summed E-state index contributed by atoms with van der Waals surface area (Å²) in [6, 6.07) is -0.154. The summed E-state index contributed by atoms with van der Waals surface area (Å²) in [4.78, 5) is 15.8. The number of nitrogens with one attached hydrogen (secondary N) is 3. The van der Waals surface area contributed by atoms with Gasteiger partial charge in [0.15, 0.2) is 0 Å². The molecule has 1 fully saturated rings. The standard InChI is InChI=1S/C10H15N5O/c1-6(8-3-11-4-8)10(16)14-7(2)9-12-5-13-15-9/h5,7,11H,3-4H2,1-2H3,(H,14,16)(H,12,13,15). The summed E-state index contributed by atoms with van der Waals surface area (Å²) in [6.07, 6.45) is 1.43. The Morgan fingerprint density at radius 1 is 1.56 bits per heavy atom. The average molecular weight is 221 g/mol. The highest BCUT2D eigenvalue weighted by atomic mass is 16.1. The van der Waals surface area contributed by atoms with Crippen molar-refractivity contribution in [2.45, 2.75) is 19.9 Å². The van der Waals surface area contributed by atoms with Crippen LogP contribution in [0.15, 0.2) is 17.5 Å². The van der Waals surface area contributed by atoms with Crippen molar-refractivity contribution in [3.8, 4) is 0 Å². The highest BCUT2D eigenvalue weighted by Gasteiger charge is 2.18. The predicted molar refractivity (Wildman–Crippen MR) is 58.5 cm³/mol. The second kappa shape index (κ2) is 4.44. The first-order valence-corrected chi connectivity index (χ1v) is 5.24. The molecule has 16 heavy (non-hydrogen) atoms. The highest BCUT2D eigenvalue weighted by Crippen LogP contribution is 2.11. The molecule has 2 rings (SSSR count). The van der Waals surface area contributed by atoms with Crippen molar-refractivity contribution in [3.63, 3.8) is 0 Å². The number of carbonyl (C=O) groups is 1. The molecule has 0 spiro atoms. The lowest BCUT2D eigenvalue weighted by Crippen LogP contribution is -2.38. The molecule has 1 atom stereocenters. The first-order chi connectivity index (χ1) is 7.68. The molecular formula is C10H15N5O. The van der Waals surface area contributed by atoms with Gasteiger partial charge in [0, 0.05) is 18.7 Å². The zero-order valence-electron chi connectivity index (χ0n) is 9.37. The van der Waals surface area contributed by atoms with Crippen molar-refractivity contribution < 1.29 is 4.79 Å². The van der Waals surface area contributed by atoms with Gasteiger partial charge in [0.1, 0.15) is 12.2 Å². The minimum absolute atomic E-state index is 0.0413. The van der Waals surface area contributed by atoms with Crippen molar-refractivity contribution >= 4 is 5.91 Å². The Labute approximate surface area is 93.5 Å². The van der Waals surface area contributed by atoms with E-state index in [-0.39, 0.29) is 11.9 Å². The second-order valence-corrected chi connectivity index (χ2v) is 3.90. The number of amides is 1. The summed E-state index contributed by atoms with van der Waals surface area (Å²) in [7, 11) is 0. The smallest absolute Gasteiger partial charge is 0.247 e. The molecular weight excluding hydrogens is 206 g/mol. The lowest BCUT2D eigenvalue weighted by Gasteiger charge is -2.22. The molecule has 1 saturated heterocycles. The number of aromatic nitrogens is 3. The van der Waals surface area contributed by atoms with Gasteiger partial charge in [-0.05, 0) is 19.4 Å². The van der Waals surface area contributed by atoms with Crippen molar-refractivity contribution in [1.29, 1.82) is 0 Å². The molecule has 2 heterocycles. The third-order valence-electron chi connectivity index (χ3n) is 2.74. The van der Waals surface area contributed by atoms with E-state index in [1.165, 1.54) is 11.9 Å². The summed E-state index contributed by atoms with van der Waals surface area (Å²) in [6.45, 7) is 5.35. The summed E-state index contributed by atoms with van der Waals surface area (Å²) >= 11 is 0. The molecule has 0 aliphatic carbocycles. The first kappa shape index (κ1) is 10.8. The molecule has 0 bridgehead atoms. The molecule has 1 aromatic heterocycles. The molecule has 1 amide bonds. The molecule has 1 aromatic rings. The lowest BCUT2D eigenvalue weighted by molar-refractivity contribution is -0.118. The van der Waals surface area contributed by atoms with Crippen LogP contribution in [0, 0.1) is 0 Å². The highest BCUT2D eigenvalue weighted by molar-refractivity contribution is 5.94. The van der Waals surface area contributed by atoms with E-state index in [1.54, 1.807) is 0 Å². The lowest BCUT2D eigenvalue weighted by atomic mass is 10.0. The maximum Gasteiger partial charge on any atom is 0.247 e. The van der Waals surface area contributed by atoms with Gasteiger partial charge in [-0.15, -0.1) is 0 Å². The number of aromatic amines is 1. The van der Waals surface area contributed by atoms with Gasteiger partial charge in [0.05, 0.1) is 6.04 Å². The van der Waals surface area contributed by atoms with Crippen molar-refractivity contribution in [1.82, 2.24) is 25.8 Å². The van der Waals surface area contributed by atoms with Crippen LogP contribution in [0.2, 0.25) is 0 Å². The summed E-state index contributed by atoms with van der Waals surface area (Å²) in [5, 5.41) is 12.5. The number of nitrogens with zero attached hydrogens (tertiary/aromatic N) is 2. The number of hydrogen-bond donors (Lipinski definition) is 3. The van der Waals surface area contributed by atoms with E-state index in [0.29, 0.717) is 5.82 Å². The molecule has 86 valence electrons. The monoisotopic (exact) mass is 221 g/mol. The van der Waals surface area contributed by atoms with Crippen LogP contribution in [0.1, 0.15) is 25.7 Å². The Morgan fingerprint density at radius 3 is 2.81 bits per heavy atom. The quantitative estimate of drug-likeness (QED) is 0.622. The maximum atomic E-state index is 11.8. The van der Waals surface area contributed by atoms with E-state index in [9.17, 15) is 4.79 Å². The van der Waals surface area contributed by atoms with Crippen LogP contribution in [0.5, 0.6) is 0 Å². The number of hydrogen-bond acceptors (Lipinski definition) is 4. The number of carbonyl (C=O) groups excluding carboxylic acids is 1. The molecule has 1 aliphatic rings. The summed E-state index contributed by atoms with van der Waals surface area (Å²) in [5.41, 5.74) is 1.97. The summed E-state index contributed by atoms with van der Waals surface area (Å²) < 4.78 is 0. The van der Waals surface area contributed by atoms with Crippen molar-refractivity contribution in [2.75, 3.05) is 13.1 Å². The van der Waals surface area contributed by atoms with E-state index >= 15 is 0 Å². The number of H-pyrrole nitrogens is 1. The minimum Gasteiger partial charge on any atom is -0.343 e. The maximum absolute atomic E-state index is 11.8. The Kier molecular flexibility index (Phi) is 3.00. The SMILES string of the molecule is CC(C(=O)NC(C)c1ncn[nH]1)=C1CNC1. The van der Waals surface area contributed by atoms with Crippen molar-refractivity contribution in [2.24, 2.45) is 0 Å². The van der Waals surface area contributed by atoms with Gasteiger partial charge in [0.25, 0.3) is 0 Å². The van der Waals surface area contributed by atoms with E-state index in [1.807, 2.05) is 13.8 Å². The zero-order valence-corrected chi connectivity index (χ0v) is 9.37. The van der Waals surface area contributed by atoms with Gasteiger partial charge in [-0.25, -0.2) is 4.98 Å². The van der Waals surface area contributed by atoms with Gasteiger partial charge < -0.3 is 10.6 Å². The Morgan fingerprint density at radius 2 is 2.31 bits per heavy atom. The third-order valence-corrected chi connectivity index (χ3v) is 2.74. The van der Waals surface area contributed by atoms with Crippen LogP contribution in [-0.2, 0) is 4.79 Å². The molecule has 1 unspecified atom stereocenters. The van der Waals surface area contributed by atoms with Crippen molar-refractivity contribution in [3.05, 3.63) is 23.3 Å². The molecule has 1 aliphatic heterocycles. The average Bonchev–Trinajstić information content (AvgIpc) is 2.67. The van der Waals surface area contributed by atoms with Crippen LogP contribution in [0.4, 0.5) is 0 Å². The Hall–Kier alpha value is -1.69. The van der Waals surface area contributed by atoms with Crippen LogP contribution in [0.25, 0.3) is 0 Å².